The third kappa shape index (κ3) is 3.14. The molecule has 2 N–H and O–H groups in total. The Morgan fingerprint density at radius 2 is 2.26 bits per heavy atom. The van der Waals surface area contributed by atoms with Gasteiger partial charge in [-0.05, 0) is 53.6 Å². The van der Waals surface area contributed by atoms with Crippen LogP contribution in [0.4, 0.5) is 14.9 Å². The van der Waals surface area contributed by atoms with E-state index in [4.69, 9.17) is 5.11 Å². The maximum atomic E-state index is 13.5. The van der Waals surface area contributed by atoms with E-state index in [-0.39, 0.29) is 11.7 Å². The molecule has 102 valence electrons. The van der Waals surface area contributed by atoms with Gasteiger partial charge >= 0.3 is 6.09 Å². The minimum Gasteiger partial charge on any atom is -0.465 e. The predicted octanol–water partition coefficient (Wildman–Crippen LogP) is 2.19. The largest absolute Gasteiger partial charge is 0.465 e. The highest BCUT2D eigenvalue weighted by Gasteiger charge is 2.30. The Morgan fingerprint density at radius 3 is 2.89 bits per heavy atom. The van der Waals surface area contributed by atoms with Crippen molar-refractivity contribution in [3.63, 3.8) is 0 Å². The molecule has 7 heteroatoms. The van der Waals surface area contributed by atoms with Crippen LogP contribution in [-0.2, 0) is 4.79 Å². The smallest absolute Gasteiger partial charge is 0.405 e. The first-order chi connectivity index (χ1) is 8.99. The van der Waals surface area contributed by atoms with Gasteiger partial charge in [-0.25, -0.2) is 9.18 Å². The molecule has 19 heavy (non-hydrogen) atoms. The molecule has 0 saturated carbocycles. The second-order valence-corrected chi connectivity index (χ2v) is 5.39. The van der Waals surface area contributed by atoms with Crippen molar-refractivity contribution >= 4 is 40.3 Å². The SMILES string of the molecule is O=C(O)N[C@@H]1CCCN(c2ccc(I)c(F)c2)C1=O. The molecule has 1 heterocycles. The fourth-order valence-corrected chi connectivity index (χ4v) is 2.40. The number of rotatable bonds is 2. The minimum atomic E-state index is -1.23. The molecule has 2 amide bonds. The molecule has 0 aromatic heterocycles. The van der Waals surface area contributed by atoms with E-state index in [2.05, 4.69) is 5.32 Å². The minimum absolute atomic E-state index is 0.339. The van der Waals surface area contributed by atoms with Gasteiger partial charge in [-0.2, -0.15) is 0 Å². The molecule has 1 fully saturated rings. The fraction of sp³-hybridized carbons (Fsp3) is 0.333. The molecule has 1 atom stereocenters. The highest BCUT2D eigenvalue weighted by Crippen LogP contribution is 2.24. The lowest BCUT2D eigenvalue weighted by Crippen LogP contribution is -2.52. The Labute approximate surface area is 122 Å². The molecule has 5 nitrogen and oxygen atoms in total. The number of hydrogen-bond donors (Lipinski definition) is 2. The van der Waals surface area contributed by atoms with E-state index in [1.54, 1.807) is 12.1 Å². The standard InChI is InChI=1S/C12H12FIN2O3/c13-8-6-7(3-4-9(8)14)16-5-1-2-10(11(16)17)15-12(18)19/h3-4,6,10,15H,1-2,5H2,(H,18,19)/t10-/m1/s1. The summed E-state index contributed by atoms with van der Waals surface area (Å²) in [6, 6.07) is 3.79. The van der Waals surface area contributed by atoms with Crippen LogP contribution in [-0.4, -0.2) is 29.7 Å². The van der Waals surface area contributed by atoms with Crippen LogP contribution in [0, 0.1) is 9.39 Å². The van der Waals surface area contributed by atoms with Crippen molar-refractivity contribution in [3.8, 4) is 0 Å². The average Bonchev–Trinajstić information content (AvgIpc) is 2.35. The molecule has 1 aromatic rings. The van der Waals surface area contributed by atoms with Gasteiger partial charge in [0.2, 0.25) is 5.91 Å². The van der Waals surface area contributed by atoms with Crippen LogP contribution in [0.2, 0.25) is 0 Å². The maximum absolute atomic E-state index is 13.5. The normalized spacial score (nSPS) is 19.4. The molecule has 1 aliphatic heterocycles. The lowest BCUT2D eigenvalue weighted by molar-refractivity contribution is -0.121. The molecule has 1 saturated heterocycles. The van der Waals surface area contributed by atoms with Gasteiger partial charge in [0.25, 0.3) is 0 Å². The van der Waals surface area contributed by atoms with Gasteiger partial charge < -0.3 is 15.3 Å². The van der Waals surface area contributed by atoms with Crippen molar-refractivity contribution in [2.45, 2.75) is 18.9 Å². The summed E-state index contributed by atoms with van der Waals surface area (Å²) in [5.74, 6) is -0.728. The van der Waals surface area contributed by atoms with Crippen LogP contribution in [0.5, 0.6) is 0 Å². The summed E-state index contributed by atoms with van der Waals surface area (Å²) in [7, 11) is 0. The number of piperidine rings is 1. The van der Waals surface area contributed by atoms with Crippen molar-refractivity contribution in [1.82, 2.24) is 5.32 Å². The molecule has 0 radical (unpaired) electrons. The van der Waals surface area contributed by atoms with Gasteiger partial charge in [0.15, 0.2) is 0 Å². The quantitative estimate of drug-likeness (QED) is 0.776. The first kappa shape index (κ1) is 14.0. The first-order valence-corrected chi connectivity index (χ1v) is 6.83. The highest BCUT2D eigenvalue weighted by molar-refractivity contribution is 14.1. The van der Waals surface area contributed by atoms with Gasteiger partial charge in [-0.1, -0.05) is 0 Å². The lowest BCUT2D eigenvalue weighted by atomic mass is 10.0. The number of amides is 2. The number of carboxylic acid groups (broad SMARTS) is 1. The summed E-state index contributed by atoms with van der Waals surface area (Å²) in [4.78, 5) is 24.2. The zero-order valence-corrected chi connectivity index (χ0v) is 12.1. The number of anilines is 1. The van der Waals surface area contributed by atoms with E-state index in [1.807, 2.05) is 22.6 Å². The first-order valence-electron chi connectivity index (χ1n) is 5.75. The number of nitrogens with one attached hydrogen (secondary N) is 1. The summed E-state index contributed by atoms with van der Waals surface area (Å²) < 4.78 is 14.0. The van der Waals surface area contributed by atoms with E-state index in [9.17, 15) is 14.0 Å². The molecule has 0 spiro atoms. The van der Waals surface area contributed by atoms with Crippen molar-refractivity contribution in [1.29, 1.82) is 0 Å². The molecule has 0 bridgehead atoms. The lowest BCUT2D eigenvalue weighted by Gasteiger charge is -2.32. The van der Waals surface area contributed by atoms with Gasteiger partial charge in [0.1, 0.15) is 11.9 Å². The van der Waals surface area contributed by atoms with Gasteiger partial charge in [0.05, 0.1) is 0 Å². The van der Waals surface area contributed by atoms with Crippen molar-refractivity contribution in [2.75, 3.05) is 11.4 Å². The summed E-state index contributed by atoms with van der Waals surface area (Å²) in [6.45, 7) is 0.469. The Bertz CT molecular complexity index is 524. The molecule has 2 rings (SSSR count). The van der Waals surface area contributed by atoms with Crippen LogP contribution >= 0.6 is 22.6 Å². The Kier molecular flexibility index (Phi) is 4.23. The van der Waals surface area contributed by atoms with E-state index in [1.165, 1.54) is 11.0 Å². The van der Waals surface area contributed by atoms with E-state index in [0.717, 1.165) is 0 Å². The number of benzene rings is 1. The highest BCUT2D eigenvalue weighted by atomic mass is 127. The third-order valence-corrected chi connectivity index (χ3v) is 3.83. The van der Waals surface area contributed by atoms with Crippen LogP contribution in [0.1, 0.15) is 12.8 Å². The third-order valence-electron chi connectivity index (χ3n) is 2.95. The molecule has 1 aliphatic rings. The predicted molar refractivity (Wildman–Crippen MR) is 75.7 cm³/mol. The number of carbonyl (C=O) groups is 2. The Morgan fingerprint density at radius 1 is 1.53 bits per heavy atom. The number of hydrogen-bond acceptors (Lipinski definition) is 2. The van der Waals surface area contributed by atoms with Crippen molar-refractivity contribution in [3.05, 3.63) is 27.6 Å². The summed E-state index contributed by atoms with van der Waals surface area (Å²) in [6.07, 6.45) is -0.0901. The van der Waals surface area contributed by atoms with Crippen LogP contribution in [0.3, 0.4) is 0 Å². The molecule has 0 unspecified atom stereocenters. The monoisotopic (exact) mass is 378 g/mol. The summed E-state index contributed by atoms with van der Waals surface area (Å²) in [5, 5.41) is 10.9. The number of halogens is 2. The molecule has 1 aromatic carbocycles. The topological polar surface area (TPSA) is 69.6 Å². The Balaban J connectivity index is 2.21. The van der Waals surface area contributed by atoms with E-state index >= 15 is 0 Å². The second kappa shape index (κ2) is 5.72. The van der Waals surface area contributed by atoms with Crippen molar-refractivity contribution < 1.29 is 19.1 Å². The van der Waals surface area contributed by atoms with Gasteiger partial charge in [0, 0.05) is 15.8 Å². The Hall–Kier alpha value is -1.38. The van der Waals surface area contributed by atoms with Gasteiger partial charge in [-0.3, -0.25) is 4.79 Å². The average molecular weight is 378 g/mol. The molecule has 0 aliphatic carbocycles. The number of carbonyl (C=O) groups excluding carboxylic acids is 1. The van der Waals surface area contributed by atoms with Crippen LogP contribution < -0.4 is 10.2 Å². The second-order valence-electron chi connectivity index (χ2n) is 4.23. The van der Waals surface area contributed by atoms with Crippen LogP contribution in [0.25, 0.3) is 0 Å². The fourth-order valence-electron chi connectivity index (χ4n) is 2.07. The zero-order chi connectivity index (χ0) is 14.0. The summed E-state index contributed by atoms with van der Waals surface area (Å²) in [5.41, 5.74) is 0.458. The summed E-state index contributed by atoms with van der Waals surface area (Å²) >= 11 is 1.87. The van der Waals surface area contributed by atoms with Crippen LogP contribution in [0.15, 0.2) is 18.2 Å². The van der Waals surface area contributed by atoms with Gasteiger partial charge in [-0.15, -0.1) is 0 Å². The molecular formula is C12H12FIN2O3. The zero-order valence-electron chi connectivity index (χ0n) is 9.90. The van der Waals surface area contributed by atoms with E-state index in [0.29, 0.717) is 28.6 Å². The van der Waals surface area contributed by atoms with Crippen molar-refractivity contribution in [2.24, 2.45) is 0 Å². The molecular weight excluding hydrogens is 366 g/mol. The maximum Gasteiger partial charge on any atom is 0.405 e. The van der Waals surface area contributed by atoms with E-state index < -0.39 is 12.1 Å². The number of nitrogens with zero attached hydrogens (tertiary/aromatic N) is 1.